The van der Waals surface area contributed by atoms with Gasteiger partial charge in [0.2, 0.25) is 5.91 Å². The van der Waals surface area contributed by atoms with Gasteiger partial charge < -0.3 is 9.64 Å². The summed E-state index contributed by atoms with van der Waals surface area (Å²) in [6.07, 6.45) is 3.44. The van der Waals surface area contributed by atoms with Crippen LogP contribution in [0.5, 0.6) is 0 Å². The minimum Gasteiger partial charge on any atom is -0.465 e. The van der Waals surface area contributed by atoms with Crippen molar-refractivity contribution in [3.8, 4) is 0 Å². The molecule has 7 heteroatoms. The third-order valence-corrected chi connectivity index (χ3v) is 5.60. The molecule has 1 fully saturated rings. The second-order valence-corrected chi connectivity index (χ2v) is 7.67. The molecule has 148 valence electrons. The molecule has 3 rings (SSSR count). The second-order valence-electron chi connectivity index (χ2n) is 6.46. The molecule has 2 heterocycles. The predicted molar refractivity (Wildman–Crippen MR) is 112 cm³/mol. The molecule has 0 aliphatic carbocycles. The molecular weight excluding hydrogens is 396 g/mol. The van der Waals surface area contributed by atoms with Crippen LogP contribution in [0.1, 0.15) is 24.1 Å². The lowest BCUT2D eigenvalue weighted by Crippen LogP contribution is -2.50. The van der Waals surface area contributed by atoms with E-state index in [0.29, 0.717) is 37.8 Å². The molecule has 1 saturated heterocycles. The number of piperazine rings is 1. The minimum absolute atomic E-state index is 0.00923. The summed E-state index contributed by atoms with van der Waals surface area (Å²) >= 11 is 7.58. The van der Waals surface area contributed by atoms with E-state index >= 15 is 0 Å². The lowest BCUT2D eigenvalue weighted by atomic mass is 10.0. The molecule has 0 bridgehead atoms. The first-order chi connectivity index (χ1) is 13.6. The van der Waals surface area contributed by atoms with E-state index in [1.54, 1.807) is 36.5 Å². The summed E-state index contributed by atoms with van der Waals surface area (Å²) in [6.45, 7) is 4.46. The molecule has 1 aliphatic rings. The first-order valence-corrected chi connectivity index (χ1v) is 10.6. The minimum atomic E-state index is -0.490. The summed E-state index contributed by atoms with van der Waals surface area (Å²) in [4.78, 5) is 28.9. The molecule has 5 nitrogen and oxygen atoms in total. The van der Waals surface area contributed by atoms with Crippen LogP contribution in [0.4, 0.5) is 0 Å². The Morgan fingerprint density at radius 3 is 2.50 bits per heavy atom. The first-order valence-electron chi connectivity index (χ1n) is 9.24. The summed E-state index contributed by atoms with van der Waals surface area (Å²) in [5.41, 5.74) is 1.88. The topological polar surface area (TPSA) is 49.9 Å². The van der Waals surface area contributed by atoms with Crippen LogP contribution in [0.3, 0.4) is 0 Å². The number of hydrogen-bond donors (Lipinski definition) is 0. The fourth-order valence-corrected chi connectivity index (χ4v) is 3.96. The van der Waals surface area contributed by atoms with Crippen molar-refractivity contribution in [1.82, 2.24) is 9.80 Å². The Hall–Kier alpha value is -2.15. The molecule has 1 amide bonds. The largest absolute Gasteiger partial charge is 0.465 e. The van der Waals surface area contributed by atoms with E-state index in [0.717, 1.165) is 11.1 Å². The number of thiophene rings is 1. The number of ether oxygens (including phenoxy) is 1. The number of esters is 1. The maximum absolute atomic E-state index is 12.6. The Bertz CT molecular complexity index is 813. The zero-order valence-corrected chi connectivity index (χ0v) is 17.3. The number of hydrogen-bond acceptors (Lipinski definition) is 5. The molecule has 1 aliphatic heterocycles. The van der Waals surface area contributed by atoms with Crippen LogP contribution in [0.2, 0.25) is 5.02 Å². The van der Waals surface area contributed by atoms with Gasteiger partial charge in [-0.1, -0.05) is 23.7 Å². The third kappa shape index (κ3) is 5.22. The molecule has 1 atom stereocenters. The van der Waals surface area contributed by atoms with Crippen LogP contribution < -0.4 is 0 Å². The number of rotatable bonds is 6. The van der Waals surface area contributed by atoms with Crippen molar-refractivity contribution in [3.63, 3.8) is 0 Å². The van der Waals surface area contributed by atoms with Crippen molar-refractivity contribution in [2.75, 3.05) is 32.8 Å². The van der Waals surface area contributed by atoms with Crippen molar-refractivity contribution in [2.24, 2.45) is 0 Å². The monoisotopic (exact) mass is 418 g/mol. The SMILES string of the molecule is CCOC(=O)C(c1ccc(Cl)cc1)N1CCN(C(=O)/C=C/c2ccsc2)CC1. The summed E-state index contributed by atoms with van der Waals surface area (Å²) in [5.74, 6) is -0.285. The molecule has 1 unspecified atom stereocenters. The zero-order chi connectivity index (χ0) is 19.9. The van der Waals surface area contributed by atoms with E-state index in [1.165, 1.54) is 0 Å². The predicted octanol–water partition coefficient (Wildman–Crippen LogP) is 3.86. The maximum Gasteiger partial charge on any atom is 0.328 e. The van der Waals surface area contributed by atoms with Gasteiger partial charge in [0, 0.05) is 37.3 Å². The molecular formula is C21H23ClN2O3S. The highest BCUT2D eigenvalue weighted by Crippen LogP contribution is 2.25. The van der Waals surface area contributed by atoms with Gasteiger partial charge in [-0.3, -0.25) is 9.69 Å². The summed E-state index contributed by atoms with van der Waals surface area (Å²) < 4.78 is 5.29. The fraction of sp³-hybridized carbons (Fsp3) is 0.333. The van der Waals surface area contributed by atoms with E-state index in [-0.39, 0.29) is 11.9 Å². The van der Waals surface area contributed by atoms with Crippen LogP contribution in [-0.2, 0) is 14.3 Å². The summed E-state index contributed by atoms with van der Waals surface area (Å²) in [7, 11) is 0. The first kappa shape index (κ1) is 20.6. The van der Waals surface area contributed by atoms with Crippen molar-refractivity contribution in [2.45, 2.75) is 13.0 Å². The van der Waals surface area contributed by atoms with Gasteiger partial charge in [-0.25, -0.2) is 4.79 Å². The van der Waals surface area contributed by atoms with Gasteiger partial charge in [0.1, 0.15) is 6.04 Å². The van der Waals surface area contributed by atoms with Crippen molar-refractivity contribution >= 4 is 40.9 Å². The number of carbonyl (C=O) groups is 2. The van der Waals surface area contributed by atoms with Gasteiger partial charge in [-0.05, 0) is 53.1 Å². The fourth-order valence-electron chi connectivity index (χ4n) is 3.21. The van der Waals surface area contributed by atoms with Gasteiger partial charge in [0.15, 0.2) is 0 Å². The van der Waals surface area contributed by atoms with Crippen LogP contribution in [0, 0.1) is 0 Å². The van der Waals surface area contributed by atoms with Gasteiger partial charge in [0.05, 0.1) is 6.61 Å². The van der Waals surface area contributed by atoms with Crippen LogP contribution >= 0.6 is 22.9 Å². The normalized spacial score (nSPS) is 16.3. The van der Waals surface area contributed by atoms with E-state index in [1.807, 2.05) is 39.9 Å². The highest BCUT2D eigenvalue weighted by Gasteiger charge is 2.32. The summed E-state index contributed by atoms with van der Waals surface area (Å²) in [6, 6.07) is 8.74. The number of halogens is 1. The van der Waals surface area contributed by atoms with Crippen LogP contribution in [0.25, 0.3) is 6.08 Å². The van der Waals surface area contributed by atoms with Crippen molar-refractivity contribution in [3.05, 3.63) is 63.3 Å². The standard InChI is InChI=1S/C21H23ClN2O3S/c1-2-27-21(26)20(17-4-6-18(22)7-5-17)24-12-10-23(11-13-24)19(25)8-3-16-9-14-28-15-16/h3-9,14-15,20H,2,10-13H2,1H3/b8-3+. The lowest BCUT2D eigenvalue weighted by Gasteiger charge is -2.38. The molecule has 0 radical (unpaired) electrons. The van der Waals surface area contributed by atoms with E-state index in [4.69, 9.17) is 16.3 Å². The molecule has 0 spiro atoms. The zero-order valence-electron chi connectivity index (χ0n) is 15.7. The quantitative estimate of drug-likeness (QED) is 0.528. The maximum atomic E-state index is 12.6. The average molecular weight is 419 g/mol. The smallest absolute Gasteiger partial charge is 0.328 e. The highest BCUT2D eigenvalue weighted by atomic mass is 35.5. The molecule has 0 N–H and O–H groups in total. The Balaban J connectivity index is 1.65. The van der Waals surface area contributed by atoms with Gasteiger partial charge >= 0.3 is 5.97 Å². The number of amides is 1. The van der Waals surface area contributed by atoms with Gasteiger partial charge in [-0.2, -0.15) is 11.3 Å². The Kier molecular flexibility index (Phi) is 7.25. The number of nitrogens with zero attached hydrogens (tertiary/aromatic N) is 2. The van der Waals surface area contributed by atoms with Gasteiger partial charge in [0.25, 0.3) is 0 Å². The number of benzene rings is 1. The van der Waals surface area contributed by atoms with Crippen molar-refractivity contribution < 1.29 is 14.3 Å². The van der Waals surface area contributed by atoms with Crippen molar-refractivity contribution in [1.29, 1.82) is 0 Å². The van der Waals surface area contributed by atoms with E-state index < -0.39 is 6.04 Å². The Morgan fingerprint density at radius 2 is 1.89 bits per heavy atom. The van der Waals surface area contributed by atoms with E-state index in [9.17, 15) is 9.59 Å². The summed E-state index contributed by atoms with van der Waals surface area (Å²) in [5, 5.41) is 4.60. The molecule has 1 aromatic carbocycles. The molecule has 0 saturated carbocycles. The number of carbonyl (C=O) groups excluding carboxylic acids is 2. The highest BCUT2D eigenvalue weighted by molar-refractivity contribution is 7.08. The second kappa shape index (κ2) is 9.87. The Labute approximate surface area is 174 Å². The lowest BCUT2D eigenvalue weighted by molar-refractivity contribution is -0.151. The van der Waals surface area contributed by atoms with E-state index in [2.05, 4.69) is 4.90 Å². The molecule has 28 heavy (non-hydrogen) atoms. The van der Waals surface area contributed by atoms with Crippen LogP contribution in [-0.4, -0.2) is 54.5 Å². The third-order valence-electron chi connectivity index (χ3n) is 4.65. The van der Waals surface area contributed by atoms with Gasteiger partial charge in [-0.15, -0.1) is 0 Å². The Morgan fingerprint density at radius 1 is 1.18 bits per heavy atom. The molecule has 2 aromatic rings. The van der Waals surface area contributed by atoms with Crippen LogP contribution in [0.15, 0.2) is 47.2 Å². The molecule has 1 aromatic heterocycles. The average Bonchev–Trinajstić information content (AvgIpc) is 3.22.